The molecule has 0 fully saturated rings. The Labute approximate surface area is 832 Å². The van der Waals surface area contributed by atoms with Gasteiger partial charge in [0.2, 0.25) is 28.5 Å². The minimum absolute atomic E-state index is 1.23. The van der Waals surface area contributed by atoms with Crippen LogP contribution in [0.1, 0.15) is 83.5 Å². The van der Waals surface area contributed by atoms with Gasteiger partial charge in [-0.3, -0.25) is 0 Å². The van der Waals surface area contributed by atoms with Crippen LogP contribution in [0.3, 0.4) is 0 Å². The number of hydrogen-bond donors (Lipinski definition) is 0. The van der Waals surface area contributed by atoms with E-state index in [1.807, 2.05) is 0 Å². The summed E-state index contributed by atoms with van der Waals surface area (Å²) in [6.45, 7) is 32.8. The molecule has 20 aromatic rings. The first-order valence-corrected chi connectivity index (χ1v) is 48.8. The highest BCUT2D eigenvalue weighted by Crippen LogP contribution is 2.40. The van der Waals surface area contributed by atoms with Crippen LogP contribution in [0.2, 0.25) is 0 Å². The van der Waals surface area contributed by atoms with E-state index in [9.17, 15) is 0 Å². The molecule has 0 spiro atoms. The fourth-order valence-electron chi connectivity index (χ4n) is 19.8. The summed E-state index contributed by atoms with van der Waals surface area (Å²) in [5.74, 6) is 0. The average molecular weight is 1820 g/mol. The standard InChI is InChI=1S/C28H28N.3C27H26N.C26H24N/c1-19-15-21(3)28(22(4)16-19)25-13-14-29(5)27(18-25)26-17-24(12-11-20(26)2)23-9-7-6-8-10-23;1-19-13-14-23(22-11-6-5-7-12-22)17-25(19)26-18-24(15-16-28(26)4)27-20(2)9-8-10-21(27)3;1-19-10-8-9-13-24(19)25-17-27(28(4)18-21(25)3)26-16-23(15-14-20(26)2)22-11-6-5-7-12-22;1-19-10-13-25(21(3)16-19)24-14-15-28(4)27(18-24)26-17-23(12-11-20(26)2)22-8-6-5-7-9-22;1-19-14-15-23(21-10-6-4-7-11-21)16-25(19)26-17-24(20(2)18-27(26)3)22-12-8-5-9-13-22/h6-18H,1-5H3;3*5-18H,1-4H3;4-18H,1-3H3/q5*+1. The first-order chi connectivity index (χ1) is 67.7. The second-order valence-corrected chi connectivity index (χ2v) is 38.0. The third kappa shape index (κ3) is 22.5. The van der Waals surface area contributed by atoms with Gasteiger partial charge in [0.25, 0.3) is 0 Å². The molecular weight excluding hydrogens is 1690 g/mol. The summed E-state index contributed by atoms with van der Waals surface area (Å²) in [5.41, 5.74) is 57.5. The molecule has 5 aromatic heterocycles. The highest BCUT2D eigenvalue weighted by atomic mass is 14.9. The number of benzene rings is 15. The van der Waals surface area contributed by atoms with Crippen LogP contribution in [0, 0.1) is 104 Å². The third-order valence-corrected chi connectivity index (χ3v) is 27.4. The van der Waals surface area contributed by atoms with Gasteiger partial charge in [-0.2, -0.15) is 0 Å². The lowest BCUT2D eigenvalue weighted by atomic mass is 9.92. The summed E-state index contributed by atoms with van der Waals surface area (Å²) in [6, 6.07) is 142. The summed E-state index contributed by atoms with van der Waals surface area (Å²) < 4.78 is 11.1. The second-order valence-electron chi connectivity index (χ2n) is 38.0. The highest BCUT2D eigenvalue weighted by Gasteiger charge is 2.25. The predicted octanol–water partition coefficient (Wildman–Crippen LogP) is 32.2. The van der Waals surface area contributed by atoms with Crippen molar-refractivity contribution in [3.8, 4) is 168 Å². The molecule has 0 amide bonds. The molecule has 0 radical (unpaired) electrons. The Hall–Kier alpha value is -16.0. The number of aryl methyl sites for hydroxylation is 20. The van der Waals surface area contributed by atoms with E-state index in [1.165, 1.54) is 251 Å². The Morgan fingerprint density at radius 1 is 0.129 bits per heavy atom. The van der Waals surface area contributed by atoms with Crippen LogP contribution in [0.4, 0.5) is 0 Å². The normalized spacial score (nSPS) is 10.9. The molecule has 20 rings (SSSR count). The number of aromatic nitrogens is 5. The van der Waals surface area contributed by atoms with Crippen LogP contribution in [0.5, 0.6) is 0 Å². The van der Waals surface area contributed by atoms with E-state index in [2.05, 4.69) is 587 Å². The van der Waals surface area contributed by atoms with Crippen molar-refractivity contribution < 1.29 is 22.8 Å². The van der Waals surface area contributed by atoms with E-state index in [4.69, 9.17) is 0 Å². The molecule has 690 valence electrons. The maximum atomic E-state index is 2.34. The van der Waals surface area contributed by atoms with Crippen LogP contribution in [0.25, 0.3) is 168 Å². The van der Waals surface area contributed by atoms with Crippen molar-refractivity contribution in [3.63, 3.8) is 0 Å². The zero-order valence-electron chi connectivity index (χ0n) is 85.2. The Morgan fingerprint density at radius 3 is 0.743 bits per heavy atom. The molecule has 0 atom stereocenters. The average Bonchev–Trinajstić information content (AvgIpc) is 0.799. The quantitative estimate of drug-likeness (QED) is 0.0912. The van der Waals surface area contributed by atoms with Crippen molar-refractivity contribution in [1.29, 1.82) is 0 Å². The van der Waals surface area contributed by atoms with Gasteiger partial charge in [-0.05, 0) is 307 Å². The SMILES string of the molecule is Cc1c[n+](C)c(-c2cc(-c3ccccc3)ccc2C)cc1-c1ccccc1.Cc1cc(C)c(-c2cc[n+](C)c(-c3cc(-c4ccccc4)ccc3C)c2)c(C)c1.Cc1ccc(-c2cc[n+](C)c(-c3cc(-c4ccccc4)ccc3C)c2)c(C)c1.Cc1ccc(-c2ccccc2)cc1-c1cc(-c2c(C)cccc2C)cc[n+]1C.Cc1ccccc1-c1cc(-c2cc(-c3ccccc3)ccc2C)[n+](C)cc1C. The van der Waals surface area contributed by atoms with E-state index in [1.54, 1.807) is 0 Å². The maximum Gasteiger partial charge on any atom is 0.213 e. The van der Waals surface area contributed by atoms with Gasteiger partial charge in [0, 0.05) is 87.5 Å². The van der Waals surface area contributed by atoms with Crippen LogP contribution in [-0.2, 0) is 35.2 Å². The Kier molecular flexibility index (Phi) is 30.5. The second kappa shape index (κ2) is 44.0. The summed E-state index contributed by atoms with van der Waals surface area (Å²) in [5, 5.41) is 0. The molecule has 5 heteroatoms. The van der Waals surface area contributed by atoms with E-state index < -0.39 is 0 Å². The minimum Gasteiger partial charge on any atom is -0.201 e. The first kappa shape index (κ1) is 97.1. The van der Waals surface area contributed by atoms with Gasteiger partial charge in [0.15, 0.2) is 31.0 Å². The van der Waals surface area contributed by atoms with E-state index in [-0.39, 0.29) is 0 Å². The Morgan fingerprint density at radius 2 is 0.400 bits per heavy atom. The van der Waals surface area contributed by atoms with Gasteiger partial charge in [0.1, 0.15) is 35.2 Å². The van der Waals surface area contributed by atoms with Gasteiger partial charge in [-0.1, -0.05) is 327 Å². The molecule has 0 aliphatic carbocycles. The Balaban J connectivity index is 0.000000126. The zero-order chi connectivity index (χ0) is 98.4. The molecule has 0 aliphatic rings. The number of pyridine rings is 5. The fourth-order valence-corrected chi connectivity index (χ4v) is 19.8. The third-order valence-electron chi connectivity index (χ3n) is 27.4. The number of nitrogens with zero attached hydrogens (tertiary/aromatic N) is 5. The van der Waals surface area contributed by atoms with E-state index >= 15 is 0 Å². The molecule has 0 unspecified atom stereocenters. The van der Waals surface area contributed by atoms with E-state index in [0.717, 1.165) is 0 Å². The molecule has 5 nitrogen and oxygen atoms in total. The van der Waals surface area contributed by atoms with Crippen molar-refractivity contribution >= 4 is 0 Å². The highest BCUT2D eigenvalue weighted by molar-refractivity contribution is 5.84. The molecule has 0 bridgehead atoms. The monoisotopic (exact) mass is 1820 g/mol. The Bertz CT molecular complexity index is 7800. The molecule has 140 heavy (non-hydrogen) atoms. The molecule has 15 aromatic carbocycles. The van der Waals surface area contributed by atoms with Crippen molar-refractivity contribution in [3.05, 3.63) is 509 Å². The van der Waals surface area contributed by atoms with Crippen LogP contribution >= 0.6 is 0 Å². The summed E-state index contributed by atoms with van der Waals surface area (Å²) in [6.07, 6.45) is 11.0. The van der Waals surface area contributed by atoms with Crippen molar-refractivity contribution in [2.75, 3.05) is 0 Å². The van der Waals surface area contributed by atoms with Gasteiger partial charge < -0.3 is 0 Å². The molecule has 0 saturated heterocycles. The maximum absolute atomic E-state index is 2.34. The summed E-state index contributed by atoms with van der Waals surface area (Å²) in [7, 11) is 10.6. The summed E-state index contributed by atoms with van der Waals surface area (Å²) in [4.78, 5) is 0. The lowest BCUT2D eigenvalue weighted by Crippen LogP contribution is -2.31. The van der Waals surface area contributed by atoms with Gasteiger partial charge in [0.05, 0.1) is 0 Å². The minimum atomic E-state index is 1.23. The lowest BCUT2D eigenvalue weighted by Gasteiger charge is -2.13. The van der Waals surface area contributed by atoms with Crippen LogP contribution < -0.4 is 22.8 Å². The van der Waals surface area contributed by atoms with E-state index in [0.29, 0.717) is 0 Å². The molecule has 0 aliphatic heterocycles. The van der Waals surface area contributed by atoms with Crippen molar-refractivity contribution in [1.82, 2.24) is 0 Å². The van der Waals surface area contributed by atoms with Crippen LogP contribution in [-0.4, -0.2) is 0 Å². The number of rotatable bonds is 15. The molecular formula is C135H130N5+5. The van der Waals surface area contributed by atoms with Gasteiger partial charge in [-0.25, -0.2) is 22.8 Å². The van der Waals surface area contributed by atoms with Gasteiger partial charge >= 0.3 is 0 Å². The lowest BCUT2D eigenvalue weighted by molar-refractivity contribution is -0.660. The molecule has 0 saturated carbocycles. The zero-order valence-corrected chi connectivity index (χ0v) is 85.2. The fraction of sp³-hybridized carbons (Fsp3) is 0.148. The smallest absolute Gasteiger partial charge is 0.201 e. The first-order valence-electron chi connectivity index (χ1n) is 48.8. The molecule has 0 N–H and O–H groups in total. The largest absolute Gasteiger partial charge is 0.213 e. The van der Waals surface area contributed by atoms with Crippen molar-refractivity contribution in [2.45, 2.75) is 104 Å². The van der Waals surface area contributed by atoms with Crippen molar-refractivity contribution in [2.24, 2.45) is 35.2 Å². The number of hydrogen-bond acceptors (Lipinski definition) is 0. The van der Waals surface area contributed by atoms with Crippen LogP contribution in [0.15, 0.2) is 425 Å². The molecule has 5 heterocycles. The topological polar surface area (TPSA) is 19.4 Å². The predicted molar refractivity (Wildman–Crippen MR) is 591 cm³/mol. The van der Waals surface area contributed by atoms with Gasteiger partial charge in [-0.15, -0.1) is 0 Å². The summed E-state index contributed by atoms with van der Waals surface area (Å²) >= 11 is 0.